The molecule has 2 aliphatic rings. The van der Waals surface area contributed by atoms with E-state index in [0.29, 0.717) is 0 Å². The van der Waals surface area contributed by atoms with Crippen LogP contribution in [0, 0.1) is 5.92 Å². The Kier molecular flexibility index (Phi) is 4.21. The predicted octanol–water partition coefficient (Wildman–Crippen LogP) is 3.43. The molecule has 1 aliphatic carbocycles. The Balaban J connectivity index is 1.58. The fraction of sp³-hybridized carbons (Fsp3) is 0.550. The van der Waals surface area contributed by atoms with Gasteiger partial charge < -0.3 is 14.6 Å². The van der Waals surface area contributed by atoms with Gasteiger partial charge >= 0.3 is 5.97 Å². The number of hydrogen-bond donors (Lipinski definition) is 1. The lowest BCUT2D eigenvalue weighted by molar-refractivity contribution is -0.149. The third-order valence-electron chi connectivity index (χ3n) is 5.82. The van der Waals surface area contributed by atoms with Gasteiger partial charge in [-0.1, -0.05) is 6.92 Å². The van der Waals surface area contributed by atoms with Crippen LogP contribution < -0.4 is 5.32 Å². The van der Waals surface area contributed by atoms with Gasteiger partial charge in [0.25, 0.3) is 0 Å². The molecule has 26 heavy (non-hydrogen) atoms. The van der Waals surface area contributed by atoms with Crippen molar-refractivity contribution in [3.63, 3.8) is 0 Å². The van der Waals surface area contributed by atoms with Crippen LogP contribution in [0.15, 0.2) is 18.2 Å². The first-order valence-corrected chi connectivity index (χ1v) is 9.58. The number of carbonyl (C=O) groups excluding carboxylic acids is 2. The first kappa shape index (κ1) is 17.1. The van der Waals surface area contributed by atoms with Gasteiger partial charge in [-0.25, -0.2) is 4.98 Å². The number of hydrogen-bond acceptors (Lipinski definition) is 4. The first-order valence-electron chi connectivity index (χ1n) is 9.58. The van der Waals surface area contributed by atoms with Crippen molar-refractivity contribution < 1.29 is 14.3 Å². The maximum atomic E-state index is 12.9. The molecule has 6 heteroatoms. The van der Waals surface area contributed by atoms with Gasteiger partial charge in [-0.3, -0.25) is 9.59 Å². The fourth-order valence-electron chi connectivity index (χ4n) is 4.56. The number of nitrogens with zero attached hydrogens (tertiary/aromatic N) is 2. The molecule has 1 aromatic heterocycles. The summed E-state index contributed by atoms with van der Waals surface area (Å²) in [5, 5.41) is 2.99. The normalized spacial score (nSPS) is 21.5. The quantitative estimate of drug-likeness (QED) is 0.853. The topological polar surface area (TPSA) is 73.2 Å². The smallest absolute Gasteiger partial charge is 0.307 e. The highest BCUT2D eigenvalue weighted by molar-refractivity contribution is 5.98. The molecule has 1 saturated heterocycles. The first-order chi connectivity index (χ1) is 12.6. The number of fused-ring (bicyclic) bond motifs is 1. The Bertz CT molecular complexity index is 865. The van der Waals surface area contributed by atoms with Crippen molar-refractivity contribution in [2.24, 2.45) is 5.92 Å². The van der Waals surface area contributed by atoms with E-state index in [4.69, 9.17) is 4.74 Å². The molecule has 1 spiro atoms. The van der Waals surface area contributed by atoms with Crippen molar-refractivity contribution in [2.45, 2.75) is 64.5 Å². The Labute approximate surface area is 152 Å². The van der Waals surface area contributed by atoms with E-state index >= 15 is 0 Å². The molecular weight excluding hydrogens is 330 g/mol. The summed E-state index contributed by atoms with van der Waals surface area (Å²) in [5.74, 6) is 0.276. The van der Waals surface area contributed by atoms with Crippen molar-refractivity contribution in [3.8, 4) is 0 Å². The van der Waals surface area contributed by atoms with Crippen LogP contribution in [0.3, 0.4) is 0 Å². The van der Waals surface area contributed by atoms with Crippen molar-refractivity contribution in [1.82, 2.24) is 9.55 Å². The standard InChI is InChI=1S/C20H25N3O3/c1-3-17-22-15-11-13(7-8-16(15)23(17)4-2)21-19(25)14-12-18(24)26-20(14)9-5-6-10-20/h7-8,11,14H,3-6,9-10,12H2,1-2H3,(H,21,25). The molecular formula is C20H25N3O3. The summed E-state index contributed by atoms with van der Waals surface area (Å²) < 4.78 is 7.78. The van der Waals surface area contributed by atoms with Gasteiger partial charge in [-0.2, -0.15) is 0 Å². The summed E-state index contributed by atoms with van der Waals surface area (Å²) in [4.78, 5) is 29.4. The van der Waals surface area contributed by atoms with Gasteiger partial charge in [0.15, 0.2) is 0 Å². The molecule has 1 unspecified atom stereocenters. The van der Waals surface area contributed by atoms with E-state index in [1.165, 1.54) is 0 Å². The van der Waals surface area contributed by atoms with Crippen molar-refractivity contribution in [1.29, 1.82) is 0 Å². The van der Waals surface area contributed by atoms with E-state index in [-0.39, 0.29) is 18.3 Å². The van der Waals surface area contributed by atoms with Crippen molar-refractivity contribution in [3.05, 3.63) is 24.0 Å². The van der Waals surface area contributed by atoms with Gasteiger partial charge in [-0.05, 0) is 50.8 Å². The number of benzene rings is 1. The summed E-state index contributed by atoms with van der Waals surface area (Å²) in [6.07, 6.45) is 4.65. The zero-order chi connectivity index (χ0) is 18.3. The number of esters is 1. The summed E-state index contributed by atoms with van der Waals surface area (Å²) >= 11 is 0. The number of anilines is 1. The molecule has 138 valence electrons. The molecule has 2 fully saturated rings. The van der Waals surface area contributed by atoms with Gasteiger partial charge in [0.1, 0.15) is 11.4 Å². The molecule has 4 rings (SSSR count). The highest BCUT2D eigenvalue weighted by atomic mass is 16.6. The molecule has 0 radical (unpaired) electrons. The summed E-state index contributed by atoms with van der Waals surface area (Å²) in [6, 6.07) is 5.83. The minimum atomic E-state index is -0.579. The van der Waals surface area contributed by atoms with E-state index in [0.717, 1.165) is 61.2 Å². The number of imidazole rings is 1. The molecule has 0 bridgehead atoms. The van der Waals surface area contributed by atoms with Crippen LogP contribution in [-0.4, -0.2) is 27.0 Å². The Morgan fingerprint density at radius 3 is 2.81 bits per heavy atom. The lowest BCUT2D eigenvalue weighted by Gasteiger charge is -2.27. The van der Waals surface area contributed by atoms with Gasteiger partial charge in [-0.15, -0.1) is 0 Å². The van der Waals surface area contributed by atoms with Gasteiger partial charge in [0.2, 0.25) is 5.91 Å². The average molecular weight is 355 g/mol. The van der Waals surface area contributed by atoms with E-state index in [1.807, 2.05) is 18.2 Å². The number of nitrogens with one attached hydrogen (secondary N) is 1. The molecule has 2 aromatic rings. The Morgan fingerprint density at radius 2 is 2.12 bits per heavy atom. The van der Waals surface area contributed by atoms with Crippen LogP contribution in [0.1, 0.15) is 51.8 Å². The maximum Gasteiger partial charge on any atom is 0.307 e. The zero-order valence-corrected chi connectivity index (χ0v) is 15.4. The van der Waals surface area contributed by atoms with Gasteiger partial charge in [0.05, 0.1) is 23.4 Å². The predicted molar refractivity (Wildman–Crippen MR) is 98.8 cm³/mol. The Hall–Kier alpha value is -2.37. The highest BCUT2D eigenvalue weighted by Crippen LogP contribution is 2.45. The van der Waals surface area contributed by atoms with E-state index in [2.05, 4.69) is 28.7 Å². The van der Waals surface area contributed by atoms with Crippen molar-refractivity contribution in [2.75, 3.05) is 5.32 Å². The molecule has 1 amide bonds. The molecule has 1 atom stereocenters. The number of carbonyl (C=O) groups is 2. The molecule has 1 saturated carbocycles. The Morgan fingerprint density at radius 1 is 1.35 bits per heavy atom. The minimum absolute atomic E-state index is 0.122. The molecule has 1 aliphatic heterocycles. The number of ether oxygens (including phenoxy) is 1. The number of aryl methyl sites for hydroxylation is 2. The van der Waals surface area contributed by atoms with Crippen LogP contribution in [0.2, 0.25) is 0 Å². The van der Waals surface area contributed by atoms with E-state index in [9.17, 15) is 9.59 Å². The fourth-order valence-corrected chi connectivity index (χ4v) is 4.56. The number of rotatable bonds is 4. The second kappa shape index (κ2) is 6.41. The second-order valence-electron chi connectivity index (χ2n) is 7.32. The lowest BCUT2D eigenvalue weighted by atomic mass is 9.85. The molecule has 6 nitrogen and oxygen atoms in total. The minimum Gasteiger partial charge on any atom is -0.458 e. The van der Waals surface area contributed by atoms with Crippen LogP contribution in [0.4, 0.5) is 5.69 Å². The van der Waals surface area contributed by atoms with Crippen LogP contribution in [0.25, 0.3) is 11.0 Å². The van der Waals surface area contributed by atoms with Gasteiger partial charge in [0, 0.05) is 18.7 Å². The summed E-state index contributed by atoms with van der Waals surface area (Å²) in [5.41, 5.74) is 2.10. The summed E-state index contributed by atoms with van der Waals surface area (Å²) in [6.45, 7) is 5.07. The second-order valence-corrected chi connectivity index (χ2v) is 7.32. The maximum absolute atomic E-state index is 12.9. The lowest BCUT2D eigenvalue weighted by Crippen LogP contribution is -2.39. The largest absolute Gasteiger partial charge is 0.458 e. The summed E-state index contributed by atoms with van der Waals surface area (Å²) in [7, 11) is 0. The molecule has 1 N–H and O–H groups in total. The monoisotopic (exact) mass is 355 g/mol. The highest BCUT2D eigenvalue weighted by Gasteiger charge is 2.53. The molecule has 2 heterocycles. The number of aromatic nitrogens is 2. The third-order valence-corrected chi connectivity index (χ3v) is 5.82. The SMILES string of the molecule is CCc1nc2cc(NC(=O)C3CC(=O)OC34CCCC4)ccc2n1CC. The number of amides is 1. The van der Waals surface area contributed by atoms with E-state index < -0.39 is 11.5 Å². The van der Waals surface area contributed by atoms with Crippen LogP contribution in [0.5, 0.6) is 0 Å². The van der Waals surface area contributed by atoms with Crippen LogP contribution >= 0.6 is 0 Å². The molecule has 1 aromatic carbocycles. The zero-order valence-electron chi connectivity index (χ0n) is 15.4. The third kappa shape index (κ3) is 2.68. The average Bonchev–Trinajstić information content (AvgIpc) is 3.31. The van der Waals surface area contributed by atoms with Crippen LogP contribution in [-0.2, 0) is 27.3 Å². The van der Waals surface area contributed by atoms with E-state index in [1.54, 1.807) is 0 Å². The van der Waals surface area contributed by atoms with Crippen molar-refractivity contribution >= 4 is 28.6 Å².